The van der Waals surface area contributed by atoms with Crippen molar-refractivity contribution in [2.75, 3.05) is 13.2 Å². The highest BCUT2D eigenvalue weighted by atomic mass is 19.4. The maximum absolute atomic E-state index is 12.5. The van der Waals surface area contributed by atoms with Crippen LogP contribution in [0.15, 0.2) is 0 Å². The van der Waals surface area contributed by atoms with Gasteiger partial charge < -0.3 is 4.74 Å². The van der Waals surface area contributed by atoms with E-state index in [4.69, 9.17) is 4.74 Å². The molecule has 1 saturated heterocycles. The first kappa shape index (κ1) is 9.84. The predicted molar refractivity (Wildman–Crippen MR) is 38.8 cm³/mol. The first-order valence-electron chi connectivity index (χ1n) is 4.16. The molecule has 0 aliphatic carbocycles. The second-order valence-corrected chi connectivity index (χ2v) is 3.24. The van der Waals surface area contributed by atoms with E-state index in [1.54, 1.807) is 6.92 Å². The van der Waals surface area contributed by atoms with Crippen LogP contribution in [0.1, 0.15) is 26.2 Å². The van der Waals surface area contributed by atoms with Gasteiger partial charge in [-0.2, -0.15) is 13.2 Å². The molecule has 1 fully saturated rings. The lowest BCUT2D eigenvalue weighted by Gasteiger charge is -2.37. The molecule has 1 nitrogen and oxygen atoms in total. The molecule has 0 atom stereocenters. The molecular weight excluding hydrogens is 169 g/mol. The molecule has 1 rings (SSSR count). The van der Waals surface area contributed by atoms with Gasteiger partial charge in [-0.15, -0.1) is 0 Å². The molecule has 0 saturated carbocycles. The predicted octanol–water partition coefficient (Wildman–Crippen LogP) is 2.76. The Morgan fingerprint density at radius 2 is 1.75 bits per heavy atom. The summed E-state index contributed by atoms with van der Waals surface area (Å²) in [5, 5.41) is 0. The Bertz CT molecular complexity index is 147. The molecule has 0 bridgehead atoms. The summed E-state index contributed by atoms with van der Waals surface area (Å²) >= 11 is 0. The van der Waals surface area contributed by atoms with Crippen molar-refractivity contribution in [3.05, 3.63) is 0 Å². The van der Waals surface area contributed by atoms with Crippen LogP contribution in [0.3, 0.4) is 0 Å². The molecule has 0 spiro atoms. The summed E-state index contributed by atoms with van der Waals surface area (Å²) in [7, 11) is 0. The first-order chi connectivity index (χ1) is 5.52. The lowest BCUT2D eigenvalue weighted by Crippen LogP contribution is -2.42. The van der Waals surface area contributed by atoms with Crippen LogP contribution in [0.4, 0.5) is 13.2 Å². The van der Waals surface area contributed by atoms with Gasteiger partial charge in [0, 0.05) is 13.2 Å². The van der Waals surface area contributed by atoms with E-state index in [1.165, 1.54) is 0 Å². The van der Waals surface area contributed by atoms with Gasteiger partial charge in [-0.3, -0.25) is 0 Å². The second-order valence-electron chi connectivity index (χ2n) is 3.24. The van der Waals surface area contributed by atoms with Gasteiger partial charge in [0.05, 0.1) is 5.41 Å². The number of alkyl halides is 3. The van der Waals surface area contributed by atoms with Crippen LogP contribution < -0.4 is 0 Å². The third kappa shape index (κ3) is 1.58. The van der Waals surface area contributed by atoms with E-state index in [9.17, 15) is 13.2 Å². The number of rotatable bonds is 1. The quantitative estimate of drug-likeness (QED) is 0.605. The largest absolute Gasteiger partial charge is 0.394 e. The Morgan fingerprint density at radius 1 is 1.25 bits per heavy atom. The number of hydrogen-bond donors (Lipinski definition) is 0. The number of hydrogen-bond acceptors (Lipinski definition) is 1. The molecule has 4 heteroatoms. The van der Waals surface area contributed by atoms with Gasteiger partial charge in [0.25, 0.3) is 0 Å². The molecule has 0 unspecified atom stereocenters. The van der Waals surface area contributed by atoms with Crippen molar-refractivity contribution in [1.29, 1.82) is 0 Å². The summed E-state index contributed by atoms with van der Waals surface area (Å²) in [6.45, 7) is 2.08. The van der Waals surface area contributed by atoms with Gasteiger partial charge in [0.2, 0.25) is 0 Å². The maximum Gasteiger partial charge on any atom is 0.394 e. The van der Waals surface area contributed by atoms with Gasteiger partial charge in [-0.05, 0) is 19.3 Å². The van der Waals surface area contributed by atoms with Gasteiger partial charge in [-0.1, -0.05) is 6.92 Å². The smallest absolute Gasteiger partial charge is 0.381 e. The van der Waals surface area contributed by atoms with Gasteiger partial charge in [-0.25, -0.2) is 0 Å². The average molecular weight is 182 g/mol. The minimum Gasteiger partial charge on any atom is -0.381 e. The van der Waals surface area contributed by atoms with Crippen molar-refractivity contribution in [3.63, 3.8) is 0 Å². The first-order valence-corrected chi connectivity index (χ1v) is 4.16. The van der Waals surface area contributed by atoms with Crippen LogP contribution in [-0.2, 0) is 4.74 Å². The third-order valence-electron chi connectivity index (χ3n) is 2.73. The zero-order chi connectivity index (χ0) is 9.24. The van der Waals surface area contributed by atoms with Crippen molar-refractivity contribution in [3.8, 4) is 0 Å². The molecule has 0 N–H and O–H groups in total. The maximum atomic E-state index is 12.5. The zero-order valence-electron chi connectivity index (χ0n) is 7.08. The highest BCUT2D eigenvalue weighted by molar-refractivity contribution is 4.87. The standard InChI is InChI=1S/C8H13F3O/c1-2-7(8(9,10)11)3-5-12-6-4-7/h2-6H2,1H3. The van der Waals surface area contributed by atoms with E-state index < -0.39 is 11.6 Å². The summed E-state index contributed by atoms with van der Waals surface area (Å²) < 4.78 is 42.5. The van der Waals surface area contributed by atoms with E-state index >= 15 is 0 Å². The molecule has 1 aliphatic heterocycles. The molecule has 0 aromatic heterocycles. The molecule has 0 radical (unpaired) electrons. The Hall–Kier alpha value is -0.250. The minimum absolute atomic E-state index is 0.118. The Morgan fingerprint density at radius 3 is 2.00 bits per heavy atom. The van der Waals surface area contributed by atoms with E-state index in [0.717, 1.165) is 0 Å². The lowest BCUT2D eigenvalue weighted by atomic mass is 9.77. The van der Waals surface area contributed by atoms with Crippen molar-refractivity contribution in [2.45, 2.75) is 32.4 Å². The summed E-state index contributed by atoms with van der Waals surface area (Å²) in [4.78, 5) is 0. The fourth-order valence-electron chi connectivity index (χ4n) is 1.60. The van der Waals surface area contributed by atoms with Gasteiger partial charge in [0.15, 0.2) is 0 Å². The summed E-state index contributed by atoms with van der Waals surface area (Å²) in [5.41, 5.74) is -1.47. The Kier molecular flexibility index (Phi) is 2.66. The van der Waals surface area contributed by atoms with Gasteiger partial charge in [0.1, 0.15) is 0 Å². The average Bonchev–Trinajstić information content (AvgIpc) is 2.04. The topological polar surface area (TPSA) is 9.23 Å². The molecule has 0 aromatic carbocycles. The van der Waals surface area contributed by atoms with Gasteiger partial charge >= 0.3 is 6.18 Å². The lowest BCUT2D eigenvalue weighted by molar-refractivity contribution is -0.247. The summed E-state index contributed by atoms with van der Waals surface area (Å²) in [6.07, 6.45) is -3.66. The zero-order valence-corrected chi connectivity index (χ0v) is 7.08. The Balaban J connectivity index is 2.73. The van der Waals surface area contributed by atoms with E-state index in [-0.39, 0.29) is 32.5 Å². The normalized spacial score (nSPS) is 24.0. The molecule has 1 heterocycles. The van der Waals surface area contributed by atoms with Crippen LogP contribution in [0, 0.1) is 5.41 Å². The molecule has 0 amide bonds. The monoisotopic (exact) mass is 182 g/mol. The molecule has 12 heavy (non-hydrogen) atoms. The van der Waals surface area contributed by atoms with Crippen LogP contribution >= 0.6 is 0 Å². The van der Waals surface area contributed by atoms with Crippen molar-refractivity contribution in [1.82, 2.24) is 0 Å². The van der Waals surface area contributed by atoms with Crippen molar-refractivity contribution >= 4 is 0 Å². The highest BCUT2D eigenvalue weighted by Gasteiger charge is 2.53. The summed E-state index contributed by atoms with van der Waals surface area (Å²) in [6, 6.07) is 0. The fraction of sp³-hybridized carbons (Fsp3) is 1.00. The molecule has 1 aliphatic rings. The molecular formula is C8H13F3O. The third-order valence-corrected chi connectivity index (χ3v) is 2.73. The van der Waals surface area contributed by atoms with Crippen LogP contribution in [0.25, 0.3) is 0 Å². The molecule has 72 valence electrons. The fourth-order valence-corrected chi connectivity index (χ4v) is 1.60. The van der Waals surface area contributed by atoms with E-state index in [2.05, 4.69) is 0 Å². The van der Waals surface area contributed by atoms with E-state index in [0.29, 0.717) is 0 Å². The number of ether oxygens (including phenoxy) is 1. The van der Waals surface area contributed by atoms with Crippen LogP contribution in [-0.4, -0.2) is 19.4 Å². The highest BCUT2D eigenvalue weighted by Crippen LogP contribution is 2.48. The minimum atomic E-state index is -4.06. The van der Waals surface area contributed by atoms with Crippen LogP contribution in [0.5, 0.6) is 0 Å². The number of halogens is 3. The van der Waals surface area contributed by atoms with Crippen molar-refractivity contribution in [2.24, 2.45) is 5.41 Å². The SMILES string of the molecule is CCC1(C(F)(F)F)CCOCC1. The van der Waals surface area contributed by atoms with Crippen LogP contribution in [0.2, 0.25) is 0 Å². The van der Waals surface area contributed by atoms with E-state index in [1.807, 2.05) is 0 Å². The molecule has 0 aromatic rings. The second kappa shape index (κ2) is 3.24. The summed E-state index contributed by atoms with van der Waals surface area (Å²) in [5.74, 6) is 0. The Labute approximate surface area is 69.9 Å². The van der Waals surface area contributed by atoms with Crippen molar-refractivity contribution < 1.29 is 17.9 Å².